The van der Waals surface area contributed by atoms with E-state index >= 15 is 0 Å². The molecule has 1 atom stereocenters. The van der Waals surface area contributed by atoms with Gasteiger partial charge in [0.25, 0.3) is 5.91 Å². The lowest BCUT2D eigenvalue weighted by Gasteiger charge is -2.16. The number of carbonyl (C=O) groups is 1. The van der Waals surface area contributed by atoms with Crippen LogP contribution in [0, 0.1) is 5.82 Å². The van der Waals surface area contributed by atoms with E-state index < -0.39 is 17.8 Å². The van der Waals surface area contributed by atoms with Crippen LogP contribution in [0.2, 0.25) is 10.0 Å². The van der Waals surface area contributed by atoms with Crippen molar-refractivity contribution in [1.82, 2.24) is 0 Å². The number of nitrogens with one attached hydrogen (secondary N) is 1. The third kappa shape index (κ3) is 4.35. The molecular weight excluding hydrogens is 396 g/mol. The lowest BCUT2D eigenvalue weighted by Crippen LogP contribution is -2.30. The van der Waals surface area contributed by atoms with E-state index in [1.54, 1.807) is 25.1 Å². The minimum Gasteiger partial charge on any atom is -0.479 e. The molecule has 3 nitrogen and oxygen atoms in total. The molecule has 116 valence electrons. The second-order valence-corrected chi connectivity index (χ2v) is 6.18. The normalized spacial score (nSPS) is 11.9. The molecule has 0 aliphatic heterocycles. The highest BCUT2D eigenvalue weighted by molar-refractivity contribution is 9.10. The summed E-state index contributed by atoms with van der Waals surface area (Å²) in [6.45, 7) is 1.57. The number of halogens is 4. The highest BCUT2D eigenvalue weighted by Gasteiger charge is 2.17. The summed E-state index contributed by atoms with van der Waals surface area (Å²) >= 11 is 15.2. The summed E-state index contributed by atoms with van der Waals surface area (Å²) in [6, 6.07) is 8.78. The summed E-state index contributed by atoms with van der Waals surface area (Å²) in [5, 5.41) is 3.07. The fourth-order valence-corrected chi connectivity index (χ4v) is 2.57. The van der Waals surface area contributed by atoms with E-state index in [9.17, 15) is 9.18 Å². The molecule has 0 saturated heterocycles. The Morgan fingerprint density at radius 3 is 2.59 bits per heavy atom. The van der Waals surface area contributed by atoms with Crippen LogP contribution in [0.25, 0.3) is 0 Å². The number of anilines is 1. The lowest BCUT2D eigenvalue weighted by molar-refractivity contribution is -0.122. The van der Waals surface area contributed by atoms with Gasteiger partial charge in [-0.15, -0.1) is 0 Å². The molecule has 22 heavy (non-hydrogen) atoms. The quantitative estimate of drug-likeness (QED) is 0.747. The highest BCUT2D eigenvalue weighted by atomic mass is 79.9. The largest absolute Gasteiger partial charge is 0.479 e. The fraction of sp³-hybridized carbons (Fsp3) is 0.133. The van der Waals surface area contributed by atoms with Gasteiger partial charge >= 0.3 is 0 Å². The van der Waals surface area contributed by atoms with Gasteiger partial charge < -0.3 is 10.1 Å². The monoisotopic (exact) mass is 405 g/mol. The summed E-state index contributed by atoms with van der Waals surface area (Å²) < 4.78 is 19.3. The Kier molecular flexibility index (Phi) is 5.67. The van der Waals surface area contributed by atoms with Crippen molar-refractivity contribution < 1.29 is 13.9 Å². The zero-order valence-electron chi connectivity index (χ0n) is 11.4. The van der Waals surface area contributed by atoms with Crippen LogP contribution in [0.15, 0.2) is 40.9 Å². The number of amides is 1. The van der Waals surface area contributed by atoms with E-state index in [1.165, 1.54) is 12.1 Å². The number of ether oxygens (including phenoxy) is 1. The first-order chi connectivity index (χ1) is 10.4. The van der Waals surface area contributed by atoms with Gasteiger partial charge in [0.15, 0.2) is 6.10 Å². The molecule has 0 fully saturated rings. The predicted molar refractivity (Wildman–Crippen MR) is 89.3 cm³/mol. The van der Waals surface area contributed by atoms with Crippen LogP contribution >= 0.6 is 39.1 Å². The standard InChI is InChI=1S/C15H11BrCl2FNO2/c1-8(22-14-5-2-9(16)6-12(14)18)15(21)20-13-4-3-10(19)7-11(13)17/h2-8H,1H3,(H,20,21)/t8-/m0/s1. The van der Waals surface area contributed by atoms with Gasteiger partial charge in [-0.2, -0.15) is 0 Å². The first-order valence-corrected chi connectivity index (χ1v) is 7.79. The molecule has 0 heterocycles. The van der Waals surface area contributed by atoms with E-state index in [0.29, 0.717) is 16.5 Å². The second-order valence-electron chi connectivity index (χ2n) is 4.45. The van der Waals surface area contributed by atoms with Crippen LogP contribution in [0.4, 0.5) is 10.1 Å². The minimum atomic E-state index is -0.806. The van der Waals surface area contributed by atoms with Crippen molar-refractivity contribution >= 4 is 50.7 Å². The molecule has 0 unspecified atom stereocenters. The molecule has 0 radical (unpaired) electrons. The predicted octanol–water partition coefficient (Wildman–Crippen LogP) is 5.30. The van der Waals surface area contributed by atoms with Crippen molar-refractivity contribution in [2.24, 2.45) is 0 Å². The van der Waals surface area contributed by atoms with Crippen LogP contribution in [0.3, 0.4) is 0 Å². The Balaban J connectivity index is 2.05. The number of carbonyl (C=O) groups excluding carboxylic acids is 1. The van der Waals surface area contributed by atoms with Gasteiger partial charge in [0, 0.05) is 4.47 Å². The summed E-state index contributed by atoms with van der Waals surface area (Å²) in [5.74, 6) is -0.515. The van der Waals surface area contributed by atoms with Crippen molar-refractivity contribution in [2.45, 2.75) is 13.0 Å². The highest BCUT2D eigenvalue weighted by Crippen LogP contribution is 2.29. The van der Waals surface area contributed by atoms with Crippen LogP contribution in [0.1, 0.15) is 6.92 Å². The molecule has 7 heteroatoms. The minimum absolute atomic E-state index is 0.113. The number of hydrogen-bond acceptors (Lipinski definition) is 2. The van der Waals surface area contributed by atoms with Crippen LogP contribution in [-0.2, 0) is 4.79 Å². The average molecular weight is 407 g/mol. The summed E-state index contributed by atoms with van der Waals surface area (Å²) in [6.07, 6.45) is -0.806. The van der Waals surface area contributed by atoms with Crippen molar-refractivity contribution in [3.63, 3.8) is 0 Å². The summed E-state index contributed by atoms with van der Waals surface area (Å²) in [4.78, 5) is 12.1. The molecule has 2 rings (SSSR count). The fourth-order valence-electron chi connectivity index (χ4n) is 1.64. The Morgan fingerprint density at radius 1 is 1.23 bits per heavy atom. The molecule has 2 aromatic rings. The third-order valence-corrected chi connectivity index (χ3v) is 3.86. The van der Waals surface area contributed by atoms with Gasteiger partial charge in [0.2, 0.25) is 0 Å². The Labute approximate surface area is 145 Å². The molecule has 1 N–H and O–H groups in total. The molecule has 0 bridgehead atoms. The van der Waals surface area contributed by atoms with E-state index in [4.69, 9.17) is 27.9 Å². The summed E-state index contributed by atoms with van der Waals surface area (Å²) in [5.41, 5.74) is 0.311. The smallest absolute Gasteiger partial charge is 0.265 e. The van der Waals surface area contributed by atoms with E-state index in [-0.39, 0.29) is 5.02 Å². The van der Waals surface area contributed by atoms with Gasteiger partial charge in [-0.3, -0.25) is 4.79 Å². The number of benzene rings is 2. The van der Waals surface area contributed by atoms with Gasteiger partial charge in [0.1, 0.15) is 11.6 Å². The van der Waals surface area contributed by atoms with Crippen molar-refractivity contribution in [2.75, 3.05) is 5.32 Å². The molecule has 2 aromatic carbocycles. The zero-order valence-corrected chi connectivity index (χ0v) is 14.5. The molecule has 0 aromatic heterocycles. The molecule has 0 aliphatic rings. The molecular formula is C15H11BrCl2FNO2. The van der Waals surface area contributed by atoms with Crippen LogP contribution < -0.4 is 10.1 Å². The SMILES string of the molecule is C[C@H](Oc1ccc(Br)cc1Cl)C(=O)Nc1ccc(F)cc1Cl. The zero-order chi connectivity index (χ0) is 16.3. The number of rotatable bonds is 4. The maximum atomic E-state index is 13.0. The summed E-state index contributed by atoms with van der Waals surface area (Å²) in [7, 11) is 0. The van der Waals surface area contributed by atoms with Gasteiger partial charge in [-0.1, -0.05) is 39.1 Å². The Bertz CT molecular complexity index is 712. The lowest BCUT2D eigenvalue weighted by atomic mass is 10.3. The van der Waals surface area contributed by atoms with Gasteiger partial charge in [-0.05, 0) is 43.3 Å². The van der Waals surface area contributed by atoms with E-state index in [1.807, 2.05) is 0 Å². The first-order valence-electron chi connectivity index (χ1n) is 6.24. The first kappa shape index (κ1) is 17.1. The second kappa shape index (κ2) is 7.31. The maximum absolute atomic E-state index is 13.0. The van der Waals surface area contributed by atoms with E-state index in [2.05, 4.69) is 21.2 Å². The third-order valence-electron chi connectivity index (χ3n) is 2.76. The average Bonchev–Trinajstić information content (AvgIpc) is 2.44. The Hall–Kier alpha value is -1.30. The molecule has 0 aliphatic carbocycles. The maximum Gasteiger partial charge on any atom is 0.265 e. The molecule has 1 amide bonds. The number of hydrogen-bond donors (Lipinski definition) is 1. The van der Waals surface area contributed by atoms with E-state index in [0.717, 1.165) is 10.5 Å². The molecule has 0 spiro atoms. The van der Waals surface area contributed by atoms with Crippen molar-refractivity contribution in [3.05, 3.63) is 56.7 Å². The Morgan fingerprint density at radius 2 is 1.95 bits per heavy atom. The van der Waals surface area contributed by atoms with Gasteiger partial charge in [0.05, 0.1) is 15.7 Å². The van der Waals surface area contributed by atoms with Crippen molar-refractivity contribution in [3.8, 4) is 5.75 Å². The van der Waals surface area contributed by atoms with Crippen molar-refractivity contribution in [1.29, 1.82) is 0 Å². The topological polar surface area (TPSA) is 38.3 Å². The van der Waals surface area contributed by atoms with Crippen LogP contribution in [0.5, 0.6) is 5.75 Å². The van der Waals surface area contributed by atoms with Gasteiger partial charge in [-0.25, -0.2) is 4.39 Å². The molecule has 0 saturated carbocycles. The van der Waals surface area contributed by atoms with Crippen LogP contribution in [-0.4, -0.2) is 12.0 Å².